The molecule has 0 unspecified atom stereocenters. The maximum Gasteiger partial charge on any atom is 0.178 e. The molecule has 4 nitrogen and oxygen atoms in total. The Kier molecular flexibility index (Phi) is 6.22. The summed E-state index contributed by atoms with van der Waals surface area (Å²) in [7, 11) is 1.68. The van der Waals surface area contributed by atoms with Gasteiger partial charge in [0.05, 0.1) is 24.2 Å². The lowest BCUT2D eigenvalue weighted by molar-refractivity contribution is 0.0684. The minimum Gasteiger partial charge on any atom is -0.382 e. The van der Waals surface area contributed by atoms with Crippen molar-refractivity contribution in [1.29, 1.82) is 0 Å². The van der Waals surface area contributed by atoms with Gasteiger partial charge in [-0.3, -0.25) is 0 Å². The summed E-state index contributed by atoms with van der Waals surface area (Å²) < 4.78 is 14.4. The fraction of sp³-hybridized carbons (Fsp3) is 0.500. The number of hydrogen-bond donors (Lipinski definition) is 1. The molecule has 110 valence electrons. The summed E-state index contributed by atoms with van der Waals surface area (Å²) in [5.74, 6) is 0. The molecule has 0 aliphatic carbocycles. The van der Waals surface area contributed by atoms with Crippen molar-refractivity contribution in [3.05, 3.63) is 27.4 Å². The molecule has 0 spiro atoms. The number of unbranched alkanes of at least 4 members (excludes halogenated alkanes) is 1. The van der Waals surface area contributed by atoms with Gasteiger partial charge in [-0.2, -0.15) is 0 Å². The van der Waals surface area contributed by atoms with E-state index in [0.717, 1.165) is 46.3 Å². The number of aryl methyl sites for hydroxylation is 1. The van der Waals surface area contributed by atoms with Gasteiger partial charge in [0, 0.05) is 24.7 Å². The van der Waals surface area contributed by atoms with E-state index in [1.54, 1.807) is 7.11 Å². The van der Waals surface area contributed by atoms with Gasteiger partial charge < -0.3 is 19.0 Å². The monoisotopic (exact) mass is 358 g/mol. The zero-order valence-electron chi connectivity index (χ0n) is 11.5. The van der Waals surface area contributed by atoms with Crippen LogP contribution in [0.1, 0.15) is 12.8 Å². The number of imidazole rings is 1. The first-order valence-electron chi connectivity index (χ1n) is 6.67. The minimum atomic E-state index is 0.654. The number of rotatable bonds is 8. The van der Waals surface area contributed by atoms with E-state index >= 15 is 0 Å². The zero-order valence-corrected chi connectivity index (χ0v) is 13.9. The molecule has 0 saturated heterocycles. The van der Waals surface area contributed by atoms with Crippen molar-refractivity contribution < 1.29 is 9.47 Å². The third-order valence-electron chi connectivity index (χ3n) is 3.09. The van der Waals surface area contributed by atoms with Gasteiger partial charge in [-0.15, -0.1) is 0 Å². The Labute approximate surface area is 132 Å². The highest BCUT2D eigenvalue weighted by Crippen LogP contribution is 2.20. The van der Waals surface area contributed by atoms with Crippen LogP contribution < -0.4 is 0 Å². The molecule has 0 aliphatic rings. The maximum atomic E-state index is 5.45. The summed E-state index contributed by atoms with van der Waals surface area (Å²) in [5.41, 5.74) is 2.22. The van der Waals surface area contributed by atoms with E-state index in [1.165, 1.54) is 0 Å². The van der Waals surface area contributed by atoms with Crippen molar-refractivity contribution in [2.45, 2.75) is 19.4 Å². The Morgan fingerprint density at radius 3 is 2.90 bits per heavy atom. The summed E-state index contributed by atoms with van der Waals surface area (Å²) in [6, 6.07) is 6.15. The Morgan fingerprint density at radius 1 is 1.25 bits per heavy atom. The number of methoxy groups -OCH3 is 1. The van der Waals surface area contributed by atoms with Crippen molar-refractivity contribution in [3.63, 3.8) is 0 Å². The smallest absolute Gasteiger partial charge is 0.178 e. The number of aromatic nitrogens is 2. The van der Waals surface area contributed by atoms with Crippen molar-refractivity contribution in [3.8, 4) is 0 Å². The van der Waals surface area contributed by atoms with Gasteiger partial charge in [-0.1, -0.05) is 15.9 Å². The second-order valence-electron chi connectivity index (χ2n) is 4.56. The van der Waals surface area contributed by atoms with Crippen LogP contribution in [0.3, 0.4) is 0 Å². The third kappa shape index (κ3) is 4.15. The van der Waals surface area contributed by atoms with E-state index in [0.29, 0.717) is 13.2 Å². The van der Waals surface area contributed by atoms with E-state index in [9.17, 15) is 0 Å². The molecule has 6 heteroatoms. The van der Waals surface area contributed by atoms with E-state index in [4.69, 9.17) is 21.7 Å². The summed E-state index contributed by atoms with van der Waals surface area (Å²) >= 11 is 8.88. The average molecular weight is 359 g/mol. The van der Waals surface area contributed by atoms with Gasteiger partial charge >= 0.3 is 0 Å². The highest BCUT2D eigenvalue weighted by atomic mass is 79.9. The van der Waals surface area contributed by atoms with Crippen LogP contribution in [0.5, 0.6) is 0 Å². The van der Waals surface area contributed by atoms with Crippen molar-refractivity contribution >= 4 is 39.2 Å². The Hall–Kier alpha value is -0.690. The van der Waals surface area contributed by atoms with Crippen molar-refractivity contribution in [2.24, 2.45) is 0 Å². The molecule has 1 heterocycles. The number of halogens is 1. The lowest BCUT2D eigenvalue weighted by Gasteiger charge is -2.06. The highest BCUT2D eigenvalue weighted by molar-refractivity contribution is 9.10. The highest BCUT2D eigenvalue weighted by Gasteiger charge is 2.04. The number of nitrogens with zero attached hydrogens (tertiary/aromatic N) is 1. The van der Waals surface area contributed by atoms with Crippen LogP contribution in [-0.2, 0) is 16.0 Å². The lowest BCUT2D eigenvalue weighted by atomic mass is 10.3. The molecule has 0 saturated carbocycles. The van der Waals surface area contributed by atoms with Gasteiger partial charge in [-0.05, 0) is 43.3 Å². The largest absolute Gasteiger partial charge is 0.382 e. The van der Waals surface area contributed by atoms with Crippen LogP contribution >= 0.6 is 28.1 Å². The van der Waals surface area contributed by atoms with Gasteiger partial charge in [-0.25, -0.2) is 0 Å². The number of H-pyrrole nitrogens is 1. The van der Waals surface area contributed by atoms with Crippen molar-refractivity contribution in [2.75, 3.05) is 26.9 Å². The second-order valence-corrected chi connectivity index (χ2v) is 5.86. The fourth-order valence-corrected chi connectivity index (χ4v) is 2.71. The number of benzene rings is 1. The van der Waals surface area contributed by atoms with E-state index in [1.807, 2.05) is 12.1 Å². The van der Waals surface area contributed by atoms with Crippen molar-refractivity contribution in [1.82, 2.24) is 9.55 Å². The Morgan fingerprint density at radius 2 is 2.10 bits per heavy atom. The lowest BCUT2D eigenvalue weighted by Crippen LogP contribution is -2.04. The summed E-state index contributed by atoms with van der Waals surface area (Å²) in [6.07, 6.45) is 2.06. The van der Waals surface area contributed by atoms with Crippen LogP contribution in [0.15, 0.2) is 22.7 Å². The molecule has 0 amide bonds. The predicted octanol–water partition coefficient (Wildman–Crippen LogP) is 3.90. The minimum absolute atomic E-state index is 0.654. The first-order valence-corrected chi connectivity index (χ1v) is 7.87. The summed E-state index contributed by atoms with van der Waals surface area (Å²) in [6.45, 7) is 2.99. The number of nitrogens with one attached hydrogen (secondary N) is 1. The predicted molar refractivity (Wildman–Crippen MR) is 86.8 cm³/mol. The molecule has 0 radical (unpaired) electrons. The topological polar surface area (TPSA) is 39.2 Å². The molecule has 1 aromatic carbocycles. The van der Waals surface area contributed by atoms with Crippen LogP contribution in [0.2, 0.25) is 0 Å². The van der Waals surface area contributed by atoms with Crippen LogP contribution in [0.4, 0.5) is 0 Å². The SMILES string of the molecule is COCCOCCCCn1c(=S)[nH]c2ccc(Br)cc21. The quantitative estimate of drug-likeness (QED) is 0.574. The van der Waals surface area contributed by atoms with E-state index < -0.39 is 0 Å². The van der Waals surface area contributed by atoms with Crippen LogP contribution in [-0.4, -0.2) is 36.5 Å². The molecule has 0 atom stereocenters. The normalized spacial score (nSPS) is 11.3. The number of ether oxygens (including phenoxy) is 2. The average Bonchev–Trinajstić information content (AvgIpc) is 2.73. The number of aromatic amines is 1. The molecule has 2 rings (SSSR count). The van der Waals surface area contributed by atoms with Gasteiger partial charge in [0.1, 0.15) is 0 Å². The van der Waals surface area contributed by atoms with Crippen LogP contribution in [0, 0.1) is 4.77 Å². The first-order chi connectivity index (χ1) is 9.72. The summed E-state index contributed by atoms with van der Waals surface area (Å²) in [5, 5.41) is 0. The van der Waals surface area contributed by atoms with Gasteiger partial charge in [0.2, 0.25) is 0 Å². The maximum absolute atomic E-state index is 5.45. The molecule has 0 aliphatic heterocycles. The molecular weight excluding hydrogens is 340 g/mol. The standard InChI is InChI=1S/C14H19BrN2O2S/c1-18-8-9-19-7-3-2-6-17-13-10-11(15)4-5-12(13)16-14(17)20/h4-5,10H,2-3,6-9H2,1H3,(H,16,20). The second kappa shape index (κ2) is 7.93. The van der Waals surface area contributed by atoms with Gasteiger partial charge in [0.25, 0.3) is 0 Å². The Balaban J connectivity index is 1.88. The molecule has 20 heavy (non-hydrogen) atoms. The molecular formula is C14H19BrN2O2S. The number of hydrogen-bond acceptors (Lipinski definition) is 3. The van der Waals surface area contributed by atoms with Crippen LogP contribution in [0.25, 0.3) is 11.0 Å². The fourth-order valence-electron chi connectivity index (χ4n) is 2.07. The van der Waals surface area contributed by atoms with Gasteiger partial charge in [0.15, 0.2) is 4.77 Å². The number of fused-ring (bicyclic) bond motifs is 1. The molecule has 0 bridgehead atoms. The first kappa shape index (κ1) is 15.7. The van der Waals surface area contributed by atoms with E-state index in [-0.39, 0.29) is 0 Å². The molecule has 0 fully saturated rings. The Bertz CT molecular complexity index is 609. The molecule has 1 N–H and O–H groups in total. The molecule has 2 aromatic rings. The third-order valence-corrected chi connectivity index (χ3v) is 3.91. The zero-order chi connectivity index (χ0) is 14.4. The van der Waals surface area contributed by atoms with E-state index in [2.05, 4.69) is 31.5 Å². The molecule has 1 aromatic heterocycles. The summed E-state index contributed by atoms with van der Waals surface area (Å²) in [4.78, 5) is 3.23.